The second kappa shape index (κ2) is 13.3. The Morgan fingerprint density at radius 1 is 1.12 bits per heavy atom. The van der Waals surface area contributed by atoms with Crippen molar-refractivity contribution in [2.75, 3.05) is 18.6 Å². The molecular formula is C20H34N4O7S. The fraction of sp³-hybridized carbons (Fsp3) is 0.750. The van der Waals surface area contributed by atoms with Crippen LogP contribution in [-0.2, 0) is 24.0 Å². The molecule has 6 N–H and O–H groups in total. The van der Waals surface area contributed by atoms with Crippen molar-refractivity contribution in [3.63, 3.8) is 0 Å². The van der Waals surface area contributed by atoms with Crippen LogP contribution in [0.4, 0.5) is 0 Å². The van der Waals surface area contributed by atoms with E-state index >= 15 is 0 Å². The van der Waals surface area contributed by atoms with Gasteiger partial charge in [0.25, 0.3) is 0 Å². The monoisotopic (exact) mass is 474 g/mol. The summed E-state index contributed by atoms with van der Waals surface area (Å²) in [6.45, 7) is 3.96. The zero-order valence-electron chi connectivity index (χ0n) is 18.7. The van der Waals surface area contributed by atoms with Gasteiger partial charge in [-0.1, -0.05) is 13.8 Å². The Labute approximate surface area is 191 Å². The van der Waals surface area contributed by atoms with Gasteiger partial charge in [-0.15, -0.1) is 0 Å². The number of aliphatic carboxylic acids is 2. The number of hydrogen-bond donors (Lipinski definition) is 5. The highest BCUT2D eigenvalue weighted by atomic mass is 32.2. The fourth-order valence-corrected chi connectivity index (χ4v) is 4.00. The van der Waals surface area contributed by atoms with Crippen molar-refractivity contribution in [1.82, 2.24) is 15.5 Å². The number of hydrogen-bond acceptors (Lipinski definition) is 7. The van der Waals surface area contributed by atoms with Crippen LogP contribution < -0.4 is 16.4 Å². The largest absolute Gasteiger partial charge is 0.481 e. The standard InChI is InChI=1S/C20H34N4O7S/c1-11(2)9-12(21)17(27)23-14(10-16(25)26)19(29)24-7-4-5-15(24)18(28)22-13(20(30)31)6-8-32-3/h11-15H,4-10,21H2,1-3H3,(H,22,28)(H,23,27)(H,25,26)(H,30,31). The predicted molar refractivity (Wildman–Crippen MR) is 119 cm³/mol. The maximum atomic E-state index is 13.1. The summed E-state index contributed by atoms with van der Waals surface area (Å²) in [6, 6.07) is -4.30. The van der Waals surface area contributed by atoms with Crippen molar-refractivity contribution in [3.05, 3.63) is 0 Å². The molecule has 1 aliphatic heterocycles. The van der Waals surface area contributed by atoms with Crippen LogP contribution in [0.2, 0.25) is 0 Å². The number of carbonyl (C=O) groups is 5. The third kappa shape index (κ3) is 8.65. The van der Waals surface area contributed by atoms with Gasteiger partial charge >= 0.3 is 11.9 Å². The Hall–Kier alpha value is -2.34. The summed E-state index contributed by atoms with van der Waals surface area (Å²) in [6.07, 6.45) is 2.56. The van der Waals surface area contributed by atoms with Crippen LogP contribution in [0.25, 0.3) is 0 Å². The highest BCUT2D eigenvalue weighted by Crippen LogP contribution is 2.20. The van der Waals surface area contributed by atoms with E-state index in [1.807, 2.05) is 20.1 Å². The molecule has 1 aliphatic rings. The summed E-state index contributed by atoms with van der Waals surface area (Å²) in [5.41, 5.74) is 5.84. The second-order valence-electron chi connectivity index (χ2n) is 8.27. The summed E-state index contributed by atoms with van der Waals surface area (Å²) < 4.78 is 0. The Morgan fingerprint density at radius 3 is 2.31 bits per heavy atom. The van der Waals surface area contributed by atoms with Crippen molar-refractivity contribution in [2.24, 2.45) is 11.7 Å². The van der Waals surface area contributed by atoms with Gasteiger partial charge in [-0.05, 0) is 43.6 Å². The van der Waals surface area contributed by atoms with E-state index in [9.17, 15) is 34.2 Å². The molecule has 11 nitrogen and oxygen atoms in total. The van der Waals surface area contributed by atoms with Crippen LogP contribution in [0, 0.1) is 5.92 Å². The first kappa shape index (κ1) is 27.7. The van der Waals surface area contributed by atoms with Crippen LogP contribution in [0.15, 0.2) is 0 Å². The zero-order chi connectivity index (χ0) is 24.4. The van der Waals surface area contributed by atoms with Crippen LogP contribution in [0.3, 0.4) is 0 Å². The normalized spacial score (nSPS) is 18.7. The third-order valence-electron chi connectivity index (χ3n) is 5.12. The summed E-state index contributed by atoms with van der Waals surface area (Å²) >= 11 is 1.45. The molecule has 182 valence electrons. The van der Waals surface area contributed by atoms with E-state index in [1.165, 1.54) is 16.7 Å². The molecule has 4 atom stereocenters. The highest BCUT2D eigenvalue weighted by molar-refractivity contribution is 7.98. The number of carbonyl (C=O) groups excluding carboxylic acids is 3. The van der Waals surface area contributed by atoms with Gasteiger partial charge in [-0.3, -0.25) is 19.2 Å². The van der Waals surface area contributed by atoms with Gasteiger partial charge in [0.1, 0.15) is 18.1 Å². The van der Waals surface area contributed by atoms with Crippen LogP contribution >= 0.6 is 11.8 Å². The molecule has 1 saturated heterocycles. The molecule has 0 bridgehead atoms. The first-order valence-electron chi connectivity index (χ1n) is 10.6. The van der Waals surface area contributed by atoms with Crippen molar-refractivity contribution < 1.29 is 34.2 Å². The van der Waals surface area contributed by atoms with Gasteiger partial charge in [0.15, 0.2) is 0 Å². The van der Waals surface area contributed by atoms with E-state index in [1.54, 1.807) is 0 Å². The minimum absolute atomic E-state index is 0.129. The van der Waals surface area contributed by atoms with Gasteiger partial charge in [-0.2, -0.15) is 11.8 Å². The van der Waals surface area contributed by atoms with Crippen LogP contribution in [0.5, 0.6) is 0 Å². The summed E-state index contributed by atoms with van der Waals surface area (Å²) in [7, 11) is 0. The Bertz CT molecular complexity index is 703. The molecule has 0 aromatic carbocycles. The van der Waals surface area contributed by atoms with Gasteiger partial charge in [0, 0.05) is 6.54 Å². The average molecular weight is 475 g/mol. The molecule has 0 radical (unpaired) electrons. The maximum Gasteiger partial charge on any atom is 0.326 e. The van der Waals surface area contributed by atoms with E-state index in [2.05, 4.69) is 10.6 Å². The molecule has 0 aromatic rings. The second-order valence-corrected chi connectivity index (χ2v) is 9.25. The first-order chi connectivity index (χ1) is 15.0. The minimum Gasteiger partial charge on any atom is -0.481 e. The summed E-state index contributed by atoms with van der Waals surface area (Å²) in [5, 5.41) is 23.4. The number of carboxylic acids is 2. The van der Waals surface area contributed by atoms with Crippen LogP contribution in [-0.4, -0.2) is 87.5 Å². The molecular weight excluding hydrogens is 440 g/mol. The molecule has 0 aliphatic carbocycles. The lowest BCUT2D eigenvalue weighted by Gasteiger charge is -2.29. The lowest BCUT2D eigenvalue weighted by Crippen LogP contribution is -2.57. The Morgan fingerprint density at radius 2 is 1.78 bits per heavy atom. The number of rotatable bonds is 13. The minimum atomic E-state index is -1.38. The van der Waals surface area contributed by atoms with Crippen molar-refractivity contribution in [3.8, 4) is 0 Å². The molecule has 0 saturated carbocycles. The van der Waals surface area contributed by atoms with Gasteiger partial charge in [-0.25, -0.2) is 4.79 Å². The van der Waals surface area contributed by atoms with Crippen LogP contribution in [0.1, 0.15) is 46.0 Å². The quantitative estimate of drug-likeness (QED) is 0.238. The molecule has 12 heteroatoms. The number of carboxylic acid groups (broad SMARTS) is 2. The molecule has 1 rings (SSSR count). The maximum absolute atomic E-state index is 13.1. The number of nitrogens with one attached hydrogen (secondary N) is 2. The molecule has 0 aromatic heterocycles. The molecule has 1 heterocycles. The fourth-order valence-electron chi connectivity index (χ4n) is 3.53. The number of amides is 3. The topological polar surface area (TPSA) is 179 Å². The molecule has 1 fully saturated rings. The van der Waals surface area contributed by atoms with Gasteiger partial charge < -0.3 is 31.5 Å². The zero-order valence-corrected chi connectivity index (χ0v) is 19.5. The number of likely N-dealkylation sites (tertiary alicyclic amines) is 1. The highest BCUT2D eigenvalue weighted by Gasteiger charge is 2.39. The number of nitrogens with zero attached hydrogens (tertiary/aromatic N) is 1. The Balaban J connectivity index is 2.93. The molecule has 32 heavy (non-hydrogen) atoms. The van der Waals surface area contributed by atoms with Crippen molar-refractivity contribution in [1.29, 1.82) is 0 Å². The van der Waals surface area contributed by atoms with E-state index in [-0.39, 0.29) is 18.9 Å². The van der Waals surface area contributed by atoms with E-state index in [4.69, 9.17) is 5.73 Å². The van der Waals surface area contributed by atoms with E-state index < -0.39 is 60.2 Å². The van der Waals surface area contributed by atoms with Crippen molar-refractivity contribution in [2.45, 2.75) is 70.1 Å². The molecule has 0 spiro atoms. The molecule has 3 amide bonds. The lowest BCUT2D eigenvalue weighted by molar-refractivity contribution is -0.147. The first-order valence-corrected chi connectivity index (χ1v) is 12.0. The van der Waals surface area contributed by atoms with Crippen molar-refractivity contribution >= 4 is 41.4 Å². The average Bonchev–Trinajstić information content (AvgIpc) is 3.18. The Kier molecular flexibility index (Phi) is 11.5. The van der Waals surface area contributed by atoms with E-state index in [0.29, 0.717) is 25.0 Å². The lowest BCUT2D eigenvalue weighted by atomic mass is 10.0. The summed E-state index contributed by atoms with van der Waals surface area (Å²) in [4.78, 5) is 62.1. The smallest absolute Gasteiger partial charge is 0.326 e. The SMILES string of the molecule is CSCCC(NC(=O)C1CCCN1C(=O)C(CC(=O)O)NC(=O)C(N)CC(C)C)C(=O)O. The van der Waals surface area contributed by atoms with Gasteiger partial charge in [0.2, 0.25) is 17.7 Å². The summed E-state index contributed by atoms with van der Waals surface area (Å²) in [5.74, 6) is -3.74. The van der Waals surface area contributed by atoms with Gasteiger partial charge in [0.05, 0.1) is 12.5 Å². The molecule has 4 unspecified atom stereocenters. The number of thioether (sulfide) groups is 1. The third-order valence-corrected chi connectivity index (χ3v) is 5.76. The predicted octanol–water partition coefficient (Wildman–Crippen LogP) is -0.367. The number of nitrogens with two attached hydrogens (primary N) is 1. The van der Waals surface area contributed by atoms with E-state index in [0.717, 1.165) is 0 Å².